The van der Waals surface area contributed by atoms with Gasteiger partial charge < -0.3 is 20.1 Å². The van der Waals surface area contributed by atoms with Crippen LogP contribution in [0.15, 0.2) is 30.3 Å². The van der Waals surface area contributed by atoms with E-state index in [0.717, 1.165) is 6.07 Å². The van der Waals surface area contributed by atoms with Crippen LogP contribution in [0.1, 0.15) is 0 Å². The van der Waals surface area contributed by atoms with E-state index in [1.54, 1.807) is 0 Å². The van der Waals surface area contributed by atoms with E-state index < -0.39 is 11.0 Å². The number of amides is 2. The summed E-state index contributed by atoms with van der Waals surface area (Å²) in [5.41, 5.74) is -0.0621. The molecule has 2 aromatic rings. The third kappa shape index (κ3) is 4.43. The quantitative estimate of drug-likeness (QED) is 0.579. The Kier molecular flexibility index (Phi) is 5.89. The van der Waals surface area contributed by atoms with Crippen molar-refractivity contribution in [2.24, 2.45) is 0 Å². The van der Waals surface area contributed by atoms with Gasteiger partial charge in [-0.05, 0) is 12.1 Å². The smallest absolute Gasteiger partial charge is 0.323 e. The number of nitrogens with one attached hydrogen (secondary N) is 2. The molecule has 2 N–H and O–H groups in total. The van der Waals surface area contributed by atoms with Gasteiger partial charge in [-0.15, -0.1) is 0 Å². The third-order valence-corrected chi connectivity index (χ3v) is 3.66. The highest BCUT2D eigenvalue weighted by atomic mass is 35.5. The molecule has 0 saturated carbocycles. The van der Waals surface area contributed by atoms with E-state index in [-0.39, 0.29) is 22.1 Å². The number of hydrogen-bond donors (Lipinski definition) is 2. The Balaban J connectivity index is 2.25. The molecule has 0 radical (unpaired) electrons. The molecule has 0 heterocycles. The summed E-state index contributed by atoms with van der Waals surface area (Å²) in [6.07, 6.45) is 0. The minimum Gasteiger partial charge on any atom is -0.495 e. The maximum absolute atomic E-state index is 12.2. The molecule has 8 nitrogen and oxygen atoms in total. The minimum absolute atomic E-state index is 0.00760. The van der Waals surface area contributed by atoms with Crippen LogP contribution < -0.4 is 20.1 Å². The Morgan fingerprint density at radius 2 is 1.68 bits per heavy atom. The molecule has 0 atom stereocenters. The lowest BCUT2D eigenvalue weighted by atomic mass is 10.2. The summed E-state index contributed by atoms with van der Waals surface area (Å²) in [5.74, 6) is 0.627. The molecule has 0 aromatic heterocycles. The summed E-state index contributed by atoms with van der Waals surface area (Å²) >= 11 is 11.7. The number of hydrogen-bond acceptors (Lipinski definition) is 5. The minimum atomic E-state index is -0.715. The standard InChI is InChI=1S/C15H13Cl2N3O5/c1-24-13-7-11(14(25-2)6-9(13)17)19-15(21)18-10-4-3-8(16)5-12(10)20(22)23/h3-7H,1-2H3,(H2,18,19,21). The summed E-state index contributed by atoms with van der Waals surface area (Å²) in [6, 6.07) is 6.13. The second-order valence-electron chi connectivity index (χ2n) is 4.68. The Morgan fingerprint density at radius 1 is 1.04 bits per heavy atom. The summed E-state index contributed by atoms with van der Waals surface area (Å²) in [6.45, 7) is 0. The monoisotopic (exact) mass is 385 g/mol. The lowest BCUT2D eigenvalue weighted by Gasteiger charge is -2.13. The maximum atomic E-state index is 12.2. The third-order valence-electron chi connectivity index (χ3n) is 3.13. The van der Waals surface area contributed by atoms with E-state index in [0.29, 0.717) is 16.5 Å². The molecule has 0 aliphatic rings. The van der Waals surface area contributed by atoms with E-state index >= 15 is 0 Å². The van der Waals surface area contributed by atoms with Crippen molar-refractivity contribution >= 4 is 46.3 Å². The van der Waals surface area contributed by atoms with Crippen LogP contribution in [0, 0.1) is 10.1 Å². The van der Waals surface area contributed by atoms with E-state index in [9.17, 15) is 14.9 Å². The zero-order valence-corrected chi connectivity index (χ0v) is 14.6. The molecule has 2 aromatic carbocycles. The van der Waals surface area contributed by atoms with Crippen LogP contribution >= 0.6 is 23.2 Å². The lowest BCUT2D eigenvalue weighted by Crippen LogP contribution is -2.20. The number of halogens is 2. The molecule has 0 saturated heterocycles. The highest BCUT2D eigenvalue weighted by Crippen LogP contribution is 2.36. The van der Waals surface area contributed by atoms with E-state index in [4.69, 9.17) is 32.7 Å². The van der Waals surface area contributed by atoms with Crippen LogP contribution in [0.2, 0.25) is 10.0 Å². The molecular weight excluding hydrogens is 373 g/mol. The van der Waals surface area contributed by atoms with E-state index in [1.807, 2.05) is 0 Å². The number of ether oxygens (including phenoxy) is 2. The number of carbonyl (C=O) groups is 1. The van der Waals surface area contributed by atoms with Crippen molar-refractivity contribution in [3.05, 3.63) is 50.5 Å². The van der Waals surface area contributed by atoms with Gasteiger partial charge in [0.15, 0.2) is 0 Å². The van der Waals surface area contributed by atoms with Gasteiger partial charge in [0.1, 0.15) is 17.2 Å². The SMILES string of the molecule is COc1cc(NC(=O)Nc2ccc(Cl)cc2[N+](=O)[O-])c(OC)cc1Cl. The van der Waals surface area contributed by atoms with Crippen LogP contribution in [0.25, 0.3) is 0 Å². The molecule has 2 amide bonds. The highest BCUT2D eigenvalue weighted by Gasteiger charge is 2.18. The number of anilines is 2. The lowest BCUT2D eigenvalue weighted by molar-refractivity contribution is -0.383. The summed E-state index contributed by atoms with van der Waals surface area (Å²) in [7, 11) is 2.83. The number of carbonyl (C=O) groups excluding carboxylic acids is 1. The molecular formula is C15H13Cl2N3O5. The van der Waals surface area contributed by atoms with Crippen molar-refractivity contribution in [2.45, 2.75) is 0 Å². The van der Waals surface area contributed by atoms with Crippen molar-refractivity contribution in [3.8, 4) is 11.5 Å². The molecule has 132 valence electrons. The van der Waals surface area contributed by atoms with Crippen LogP contribution in [0.4, 0.5) is 21.9 Å². The zero-order chi connectivity index (χ0) is 18.6. The first-order valence-electron chi connectivity index (χ1n) is 6.79. The van der Waals surface area contributed by atoms with Crippen molar-refractivity contribution in [1.29, 1.82) is 0 Å². The van der Waals surface area contributed by atoms with Crippen molar-refractivity contribution < 1.29 is 19.2 Å². The van der Waals surface area contributed by atoms with Crippen molar-refractivity contribution in [1.82, 2.24) is 0 Å². The Labute approximate surface area is 152 Å². The fraction of sp³-hybridized carbons (Fsp3) is 0.133. The van der Waals surface area contributed by atoms with Gasteiger partial charge in [0.2, 0.25) is 0 Å². The molecule has 10 heteroatoms. The van der Waals surface area contributed by atoms with Crippen LogP contribution in [-0.2, 0) is 0 Å². The molecule has 0 spiro atoms. The number of benzene rings is 2. The maximum Gasteiger partial charge on any atom is 0.323 e. The fourth-order valence-electron chi connectivity index (χ4n) is 2.00. The molecule has 25 heavy (non-hydrogen) atoms. The average molecular weight is 386 g/mol. The van der Waals surface area contributed by atoms with Gasteiger partial charge in [0, 0.05) is 23.2 Å². The van der Waals surface area contributed by atoms with Gasteiger partial charge in [-0.3, -0.25) is 10.1 Å². The van der Waals surface area contributed by atoms with Gasteiger partial charge >= 0.3 is 6.03 Å². The number of nitrogens with zero attached hydrogens (tertiary/aromatic N) is 1. The summed E-state index contributed by atoms with van der Waals surface area (Å²) < 4.78 is 10.2. The molecule has 0 bridgehead atoms. The number of rotatable bonds is 5. The number of methoxy groups -OCH3 is 2. The Hall–Kier alpha value is -2.71. The summed E-state index contributed by atoms with van der Waals surface area (Å²) in [4.78, 5) is 22.6. The average Bonchev–Trinajstić information content (AvgIpc) is 2.57. The summed E-state index contributed by atoms with van der Waals surface area (Å²) in [5, 5.41) is 16.5. The predicted octanol–water partition coefficient (Wildman–Crippen LogP) is 4.56. The molecule has 0 unspecified atom stereocenters. The fourth-order valence-corrected chi connectivity index (χ4v) is 2.39. The van der Waals surface area contributed by atoms with Gasteiger partial charge in [0.05, 0.1) is 29.9 Å². The second-order valence-corrected chi connectivity index (χ2v) is 5.53. The Morgan fingerprint density at radius 3 is 2.28 bits per heavy atom. The van der Waals surface area contributed by atoms with Crippen molar-refractivity contribution in [2.75, 3.05) is 24.9 Å². The van der Waals surface area contributed by atoms with Crippen LogP contribution in [-0.4, -0.2) is 25.2 Å². The molecule has 0 fully saturated rings. The largest absolute Gasteiger partial charge is 0.495 e. The molecule has 0 aliphatic carbocycles. The molecule has 0 aliphatic heterocycles. The first kappa shape index (κ1) is 18.6. The number of nitro benzene ring substituents is 1. The van der Waals surface area contributed by atoms with Gasteiger partial charge in [-0.25, -0.2) is 4.79 Å². The van der Waals surface area contributed by atoms with Gasteiger partial charge in [-0.2, -0.15) is 0 Å². The second kappa shape index (κ2) is 7.91. The van der Waals surface area contributed by atoms with Gasteiger partial charge in [0.25, 0.3) is 5.69 Å². The van der Waals surface area contributed by atoms with Crippen LogP contribution in [0.5, 0.6) is 11.5 Å². The predicted molar refractivity (Wildman–Crippen MR) is 95.3 cm³/mol. The highest BCUT2D eigenvalue weighted by molar-refractivity contribution is 6.32. The van der Waals surface area contributed by atoms with E-state index in [1.165, 1.54) is 38.5 Å². The molecule has 2 rings (SSSR count). The number of urea groups is 1. The topological polar surface area (TPSA) is 103 Å². The zero-order valence-electron chi connectivity index (χ0n) is 13.1. The van der Waals surface area contributed by atoms with E-state index in [2.05, 4.69) is 10.6 Å². The normalized spacial score (nSPS) is 10.1. The van der Waals surface area contributed by atoms with Crippen molar-refractivity contribution in [3.63, 3.8) is 0 Å². The first-order chi connectivity index (χ1) is 11.8. The number of nitro groups is 1. The van der Waals surface area contributed by atoms with Gasteiger partial charge in [-0.1, -0.05) is 23.2 Å². The van der Waals surface area contributed by atoms with Crippen LogP contribution in [0.3, 0.4) is 0 Å². The first-order valence-corrected chi connectivity index (χ1v) is 7.54. The Bertz CT molecular complexity index is 829.